The molecule has 1 heterocycles. The van der Waals surface area contributed by atoms with Gasteiger partial charge >= 0.3 is 0 Å². The van der Waals surface area contributed by atoms with Crippen LogP contribution < -0.4 is 5.73 Å². The zero-order valence-corrected chi connectivity index (χ0v) is 10.4. The number of hydrogen-bond acceptors (Lipinski definition) is 2. The molecule has 0 aliphatic carbocycles. The summed E-state index contributed by atoms with van der Waals surface area (Å²) in [6, 6.07) is 12.6. The van der Waals surface area contributed by atoms with Gasteiger partial charge in [-0.05, 0) is 25.8 Å². The van der Waals surface area contributed by atoms with Crippen molar-refractivity contribution in [1.29, 1.82) is 0 Å². The zero-order valence-electron chi connectivity index (χ0n) is 10.4. The number of aromatic nitrogens is 2. The fraction of sp³-hybridized carbons (Fsp3) is 0.357. The van der Waals surface area contributed by atoms with Crippen molar-refractivity contribution in [3.8, 4) is 11.3 Å². The number of rotatable bonds is 4. The van der Waals surface area contributed by atoms with E-state index >= 15 is 0 Å². The lowest BCUT2D eigenvalue weighted by Crippen LogP contribution is -2.16. The summed E-state index contributed by atoms with van der Waals surface area (Å²) in [5.41, 5.74) is 9.21. The lowest BCUT2D eigenvalue weighted by Gasteiger charge is -2.04. The Morgan fingerprint density at radius 1 is 1.29 bits per heavy atom. The molecule has 3 heteroatoms. The summed E-state index contributed by atoms with van der Waals surface area (Å²) in [6.07, 6.45) is 1.97. The van der Waals surface area contributed by atoms with Crippen LogP contribution in [0.3, 0.4) is 0 Å². The first-order valence-electron chi connectivity index (χ1n) is 6.00. The first-order valence-corrected chi connectivity index (χ1v) is 6.00. The highest BCUT2D eigenvalue weighted by atomic mass is 15.3. The molecule has 0 amide bonds. The van der Waals surface area contributed by atoms with Crippen molar-refractivity contribution in [2.45, 2.75) is 25.8 Å². The third-order valence-electron chi connectivity index (χ3n) is 2.90. The Morgan fingerprint density at radius 2 is 2.00 bits per heavy atom. The maximum absolute atomic E-state index is 5.78. The molecule has 2 N–H and O–H groups in total. The van der Waals surface area contributed by atoms with E-state index in [2.05, 4.69) is 23.3 Å². The molecule has 0 saturated heterocycles. The van der Waals surface area contributed by atoms with E-state index in [-0.39, 0.29) is 6.04 Å². The largest absolute Gasteiger partial charge is 0.328 e. The van der Waals surface area contributed by atoms with Crippen molar-refractivity contribution >= 4 is 0 Å². The van der Waals surface area contributed by atoms with Crippen LogP contribution in [0.4, 0.5) is 0 Å². The third-order valence-corrected chi connectivity index (χ3v) is 2.90. The Hall–Kier alpha value is -1.61. The van der Waals surface area contributed by atoms with E-state index in [1.165, 1.54) is 5.69 Å². The molecule has 0 bridgehead atoms. The number of aryl methyl sites for hydroxylation is 2. The summed E-state index contributed by atoms with van der Waals surface area (Å²) in [5.74, 6) is 0. The van der Waals surface area contributed by atoms with E-state index < -0.39 is 0 Å². The molecule has 0 radical (unpaired) electrons. The standard InChI is InChI=1S/C14H19N3/c1-11(15)8-9-13-10-14(16-17(13)2)12-6-4-3-5-7-12/h3-7,10-11H,8-9,15H2,1-2H3/t11-/m1/s1. The number of hydrogen-bond donors (Lipinski definition) is 1. The fourth-order valence-electron chi connectivity index (χ4n) is 1.87. The average molecular weight is 229 g/mol. The predicted octanol–water partition coefficient (Wildman–Crippen LogP) is 2.37. The van der Waals surface area contributed by atoms with Crippen LogP contribution in [0.1, 0.15) is 19.0 Å². The normalized spacial score (nSPS) is 12.6. The highest BCUT2D eigenvalue weighted by Gasteiger charge is 2.07. The molecule has 2 aromatic rings. The molecule has 3 nitrogen and oxygen atoms in total. The minimum Gasteiger partial charge on any atom is -0.328 e. The first-order chi connectivity index (χ1) is 8.16. The SMILES string of the molecule is C[C@@H](N)CCc1cc(-c2ccccc2)nn1C. The van der Waals surface area contributed by atoms with Crippen molar-refractivity contribution < 1.29 is 0 Å². The van der Waals surface area contributed by atoms with Gasteiger partial charge in [-0.1, -0.05) is 30.3 Å². The van der Waals surface area contributed by atoms with Crippen LogP contribution >= 0.6 is 0 Å². The average Bonchev–Trinajstić information content (AvgIpc) is 2.69. The second-order valence-electron chi connectivity index (χ2n) is 4.53. The Balaban J connectivity index is 2.19. The van der Waals surface area contributed by atoms with E-state index in [0.29, 0.717) is 0 Å². The molecule has 90 valence electrons. The molecular formula is C14H19N3. The molecule has 2 rings (SSSR count). The van der Waals surface area contributed by atoms with Gasteiger partial charge in [0.2, 0.25) is 0 Å². The Kier molecular flexibility index (Phi) is 3.59. The predicted molar refractivity (Wildman–Crippen MR) is 70.6 cm³/mol. The molecule has 0 saturated carbocycles. The molecule has 1 aromatic heterocycles. The maximum Gasteiger partial charge on any atom is 0.0925 e. The Labute approximate surface area is 102 Å². The number of nitrogens with two attached hydrogens (primary N) is 1. The van der Waals surface area contributed by atoms with Gasteiger partial charge < -0.3 is 5.73 Å². The third kappa shape index (κ3) is 2.94. The van der Waals surface area contributed by atoms with Gasteiger partial charge in [-0.3, -0.25) is 4.68 Å². The number of benzene rings is 1. The first kappa shape index (κ1) is 11.9. The highest BCUT2D eigenvalue weighted by molar-refractivity contribution is 5.59. The van der Waals surface area contributed by atoms with Crippen molar-refractivity contribution in [1.82, 2.24) is 9.78 Å². The van der Waals surface area contributed by atoms with Crippen LogP contribution in [0.2, 0.25) is 0 Å². The maximum atomic E-state index is 5.78. The summed E-state index contributed by atoms with van der Waals surface area (Å²) in [6.45, 7) is 2.04. The molecule has 1 aromatic carbocycles. The Morgan fingerprint density at radius 3 is 2.65 bits per heavy atom. The van der Waals surface area contributed by atoms with E-state index in [9.17, 15) is 0 Å². The van der Waals surface area contributed by atoms with Gasteiger partial charge in [0.15, 0.2) is 0 Å². The second kappa shape index (κ2) is 5.15. The van der Waals surface area contributed by atoms with E-state index in [1.807, 2.05) is 36.9 Å². The summed E-state index contributed by atoms with van der Waals surface area (Å²) in [4.78, 5) is 0. The Bertz CT molecular complexity index is 471. The minimum absolute atomic E-state index is 0.241. The topological polar surface area (TPSA) is 43.8 Å². The van der Waals surface area contributed by atoms with Crippen molar-refractivity contribution in [3.63, 3.8) is 0 Å². The quantitative estimate of drug-likeness (QED) is 0.874. The van der Waals surface area contributed by atoms with Gasteiger partial charge in [0.05, 0.1) is 5.69 Å². The molecule has 0 aliphatic rings. The van der Waals surface area contributed by atoms with Crippen LogP contribution in [0.5, 0.6) is 0 Å². The van der Waals surface area contributed by atoms with Crippen LogP contribution in [0, 0.1) is 0 Å². The van der Waals surface area contributed by atoms with Crippen molar-refractivity contribution in [3.05, 3.63) is 42.1 Å². The molecule has 0 fully saturated rings. The zero-order chi connectivity index (χ0) is 12.3. The van der Waals surface area contributed by atoms with Crippen LogP contribution in [-0.2, 0) is 13.5 Å². The molecule has 0 aliphatic heterocycles. The van der Waals surface area contributed by atoms with E-state index in [4.69, 9.17) is 5.73 Å². The van der Waals surface area contributed by atoms with Crippen molar-refractivity contribution in [2.24, 2.45) is 12.8 Å². The van der Waals surface area contributed by atoms with E-state index in [0.717, 1.165) is 24.1 Å². The molecule has 1 atom stereocenters. The monoisotopic (exact) mass is 229 g/mol. The van der Waals surface area contributed by atoms with Crippen LogP contribution in [-0.4, -0.2) is 15.8 Å². The molecular weight excluding hydrogens is 210 g/mol. The second-order valence-corrected chi connectivity index (χ2v) is 4.53. The van der Waals surface area contributed by atoms with Gasteiger partial charge in [-0.25, -0.2) is 0 Å². The van der Waals surface area contributed by atoms with Crippen LogP contribution in [0.15, 0.2) is 36.4 Å². The summed E-state index contributed by atoms with van der Waals surface area (Å²) in [7, 11) is 1.99. The summed E-state index contributed by atoms with van der Waals surface area (Å²) < 4.78 is 1.95. The summed E-state index contributed by atoms with van der Waals surface area (Å²) >= 11 is 0. The van der Waals surface area contributed by atoms with Crippen molar-refractivity contribution in [2.75, 3.05) is 0 Å². The van der Waals surface area contributed by atoms with Gasteiger partial charge in [-0.2, -0.15) is 5.10 Å². The van der Waals surface area contributed by atoms with Gasteiger partial charge in [0, 0.05) is 24.3 Å². The van der Waals surface area contributed by atoms with Gasteiger partial charge in [0.25, 0.3) is 0 Å². The molecule has 0 unspecified atom stereocenters. The fourth-order valence-corrected chi connectivity index (χ4v) is 1.87. The van der Waals surface area contributed by atoms with E-state index in [1.54, 1.807) is 0 Å². The lowest BCUT2D eigenvalue weighted by molar-refractivity contribution is 0.624. The van der Waals surface area contributed by atoms with Crippen LogP contribution in [0.25, 0.3) is 11.3 Å². The highest BCUT2D eigenvalue weighted by Crippen LogP contribution is 2.19. The van der Waals surface area contributed by atoms with Gasteiger partial charge in [-0.15, -0.1) is 0 Å². The summed E-state index contributed by atoms with van der Waals surface area (Å²) in [5, 5.41) is 4.53. The van der Waals surface area contributed by atoms with Gasteiger partial charge in [0.1, 0.15) is 0 Å². The minimum atomic E-state index is 0.241. The molecule has 0 spiro atoms. The lowest BCUT2D eigenvalue weighted by atomic mass is 10.1. The smallest absolute Gasteiger partial charge is 0.0925 e. The molecule has 17 heavy (non-hydrogen) atoms. The number of nitrogens with zero attached hydrogens (tertiary/aromatic N) is 2.